The van der Waals surface area contributed by atoms with Crippen molar-refractivity contribution in [2.45, 2.75) is 11.6 Å². The summed E-state index contributed by atoms with van der Waals surface area (Å²) in [7, 11) is -0.355. The number of hydrogen-bond donors (Lipinski definition) is 1. The summed E-state index contributed by atoms with van der Waals surface area (Å²) >= 11 is 0. The van der Waals surface area contributed by atoms with E-state index in [1.165, 1.54) is 0 Å². The van der Waals surface area contributed by atoms with Crippen molar-refractivity contribution >= 4 is 21.0 Å². The summed E-state index contributed by atoms with van der Waals surface area (Å²) in [6.07, 6.45) is 8.84. The highest BCUT2D eigenvalue weighted by Gasteiger charge is 2.22. The molecule has 0 unspecified atom stereocenters. The second kappa shape index (κ2) is 8.07. The first-order valence-electron chi connectivity index (χ1n) is 9.17. The van der Waals surface area contributed by atoms with Crippen LogP contribution in [0.4, 0.5) is 0 Å². The summed E-state index contributed by atoms with van der Waals surface area (Å²) < 4.78 is 32.6. The first kappa shape index (κ1) is 19.8. The third kappa shape index (κ3) is 3.94. The summed E-state index contributed by atoms with van der Waals surface area (Å²) in [4.78, 5) is 12.9. The van der Waals surface area contributed by atoms with Gasteiger partial charge in [0.15, 0.2) is 5.65 Å². The molecule has 4 rings (SSSR count). The molecule has 4 aromatic rings. The van der Waals surface area contributed by atoms with Crippen LogP contribution in [0.1, 0.15) is 5.56 Å². The lowest BCUT2D eigenvalue weighted by atomic mass is 10.1. The molecule has 0 aliphatic carbocycles. The van der Waals surface area contributed by atoms with Gasteiger partial charge in [0.25, 0.3) is 0 Å². The van der Waals surface area contributed by atoms with Crippen molar-refractivity contribution in [3.63, 3.8) is 0 Å². The molecule has 0 aliphatic rings. The number of aryl methyl sites for hydroxylation is 1. The Bertz CT molecular complexity index is 1290. The Morgan fingerprint density at radius 2 is 1.97 bits per heavy atom. The van der Waals surface area contributed by atoms with Crippen molar-refractivity contribution < 1.29 is 13.2 Å². The number of ether oxygens (including phenoxy) is 1. The number of aromatic amines is 1. The largest absolute Gasteiger partial charge is 0.497 e. The van der Waals surface area contributed by atoms with Gasteiger partial charge in [-0.1, -0.05) is 24.3 Å². The van der Waals surface area contributed by atoms with Gasteiger partial charge in [-0.25, -0.2) is 18.4 Å². The first-order valence-corrected chi connectivity index (χ1v) is 10.8. The zero-order valence-electron chi connectivity index (χ0n) is 16.5. The van der Waals surface area contributed by atoms with Crippen LogP contribution in [0.5, 0.6) is 5.75 Å². The monoisotopic (exact) mass is 424 g/mol. The first-order chi connectivity index (χ1) is 14.5. The predicted octanol–water partition coefficient (Wildman–Crippen LogP) is 2.33. The molecule has 1 N–H and O–H groups in total. The topological polar surface area (TPSA) is 116 Å². The van der Waals surface area contributed by atoms with E-state index in [1.54, 1.807) is 43.5 Å². The summed E-state index contributed by atoms with van der Waals surface area (Å²) in [5.41, 5.74) is 3.09. The molecule has 0 amide bonds. The maximum Gasteiger partial charge on any atom is 0.250 e. The Labute approximate surface area is 173 Å². The van der Waals surface area contributed by atoms with Gasteiger partial charge < -0.3 is 9.30 Å². The van der Waals surface area contributed by atoms with E-state index < -0.39 is 9.84 Å². The Kier molecular flexibility index (Phi) is 5.32. The van der Waals surface area contributed by atoms with E-state index in [1.807, 2.05) is 30.3 Å². The molecule has 3 heterocycles. The number of nitrogens with zero attached hydrogens (tertiary/aromatic N) is 5. The van der Waals surface area contributed by atoms with Crippen molar-refractivity contribution in [1.82, 2.24) is 29.7 Å². The third-order valence-electron chi connectivity index (χ3n) is 4.58. The number of fused-ring (bicyclic) bond motifs is 1. The number of imidazole rings is 1. The van der Waals surface area contributed by atoms with E-state index in [2.05, 4.69) is 25.1 Å². The number of hydrogen-bond acceptors (Lipinski definition) is 7. The second-order valence-electron chi connectivity index (χ2n) is 6.67. The van der Waals surface area contributed by atoms with Crippen LogP contribution in [0.3, 0.4) is 0 Å². The van der Waals surface area contributed by atoms with Crippen molar-refractivity contribution in [1.29, 1.82) is 0 Å². The lowest BCUT2D eigenvalue weighted by molar-refractivity contribution is 0.414. The summed E-state index contributed by atoms with van der Waals surface area (Å²) in [6.45, 7) is 0. The number of methoxy groups -OCH3 is 1. The smallest absolute Gasteiger partial charge is 0.250 e. The van der Waals surface area contributed by atoms with Gasteiger partial charge in [-0.3, -0.25) is 5.10 Å². The Morgan fingerprint density at radius 3 is 2.67 bits per heavy atom. The van der Waals surface area contributed by atoms with Gasteiger partial charge in [-0.2, -0.15) is 10.1 Å². The second-order valence-corrected chi connectivity index (χ2v) is 8.60. The quantitative estimate of drug-likeness (QED) is 0.357. The van der Waals surface area contributed by atoms with E-state index in [9.17, 15) is 8.42 Å². The molecule has 0 saturated carbocycles. The van der Waals surface area contributed by atoms with Crippen molar-refractivity contribution in [3.05, 3.63) is 60.7 Å². The molecule has 0 spiro atoms. The van der Waals surface area contributed by atoms with Crippen LogP contribution in [0.25, 0.3) is 22.4 Å². The zero-order valence-corrected chi connectivity index (χ0v) is 17.3. The van der Waals surface area contributed by atoms with E-state index in [0.29, 0.717) is 28.8 Å². The number of sulfone groups is 1. The molecule has 0 fully saturated rings. The highest BCUT2D eigenvalue weighted by molar-refractivity contribution is 7.91. The van der Waals surface area contributed by atoms with Gasteiger partial charge in [0, 0.05) is 18.8 Å². The van der Waals surface area contributed by atoms with Crippen LogP contribution in [0, 0.1) is 0 Å². The van der Waals surface area contributed by atoms with E-state index in [-0.39, 0.29) is 10.9 Å². The fourth-order valence-electron chi connectivity index (χ4n) is 2.96. The minimum atomic E-state index is -3.73. The molecule has 1 aromatic carbocycles. The Balaban J connectivity index is 1.58. The number of benzene rings is 1. The number of H-pyrrole nitrogens is 1. The number of nitrogens with one attached hydrogen (secondary N) is 1. The lowest BCUT2D eigenvalue weighted by Gasteiger charge is -2.05. The normalized spacial score (nSPS) is 12.1. The summed E-state index contributed by atoms with van der Waals surface area (Å²) in [5.74, 6) is 0.582. The number of allylic oxidation sites excluding steroid dienone is 1. The molecule has 0 aliphatic heterocycles. The molecule has 0 atom stereocenters. The van der Waals surface area contributed by atoms with Crippen molar-refractivity contribution in [2.75, 3.05) is 12.9 Å². The van der Waals surface area contributed by atoms with Crippen LogP contribution in [0.15, 0.2) is 60.3 Å². The molecule has 0 bridgehead atoms. The Hall–Kier alpha value is -3.53. The number of aromatic nitrogens is 6. The maximum absolute atomic E-state index is 12.9. The zero-order chi connectivity index (χ0) is 21.1. The molecule has 0 radical (unpaired) electrons. The van der Waals surface area contributed by atoms with Crippen LogP contribution in [-0.4, -0.2) is 51.0 Å². The lowest BCUT2D eigenvalue weighted by Crippen LogP contribution is -2.11. The van der Waals surface area contributed by atoms with Gasteiger partial charge in [0.05, 0.1) is 25.4 Å². The Morgan fingerprint density at radius 1 is 1.17 bits per heavy atom. The summed E-state index contributed by atoms with van der Waals surface area (Å²) in [6, 6.07) is 7.62. The van der Waals surface area contributed by atoms with Gasteiger partial charge in [-0.15, -0.1) is 0 Å². The highest BCUT2D eigenvalue weighted by atomic mass is 32.2. The standard InChI is InChI=1S/C20H20N6O3S/c1-26-13-21-18-17(15-11-22-23-12-15)24-20(25-19(18)26)30(27,28)10-4-3-5-14-6-8-16(29-2)9-7-14/h3-4,6-9,11-13H,5,10H2,1-2H3,(H,22,23). The van der Waals surface area contributed by atoms with Crippen molar-refractivity contribution in [3.8, 4) is 17.0 Å². The minimum Gasteiger partial charge on any atom is -0.497 e. The van der Waals surface area contributed by atoms with Crippen LogP contribution < -0.4 is 4.74 Å². The molecular weight excluding hydrogens is 404 g/mol. The summed E-state index contributed by atoms with van der Waals surface area (Å²) in [5, 5.41) is 6.39. The van der Waals surface area contributed by atoms with Crippen LogP contribution in [-0.2, 0) is 23.3 Å². The van der Waals surface area contributed by atoms with Gasteiger partial charge in [0.2, 0.25) is 15.0 Å². The van der Waals surface area contributed by atoms with Gasteiger partial charge in [-0.05, 0) is 24.1 Å². The van der Waals surface area contributed by atoms with Gasteiger partial charge in [0.1, 0.15) is 17.0 Å². The molecule has 10 heteroatoms. The molecule has 30 heavy (non-hydrogen) atoms. The van der Waals surface area contributed by atoms with E-state index >= 15 is 0 Å². The molecule has 9 nitrogen and oxygen atoms in total. The molecule has 154 valence electrons. The fraction of sp³-hybridized carbons (Fsp3) is 0.200. The van der Waals surface area contributed by atoms with Crippen LogP contribution >= 0.6 is 0 Å². The van der Waals surface area contributed by atoms with Crippen LogP contribution in [0.2, 0.25) is 0 Å². The number of rotatable bonds is 7. The average Bonchev–Trinajstić information content (AvgIpc) is 3.41. The highest BCUT2D eigenvalue weighted by Crippen LogP contribution is 2.25. The predicted molar refractivity (Wildman–Crippen MR) is 112 cm³/mol. The average molecular weight is 424 g/mol. The molecular formula is C20H20N6O3S. The fourth-order valence-corrected chi connectivity index (χ4v) is 3.95. The molecule has 0 saturated heterocycles. The SMILES string of the molecule is COc1ccc(CC=CCS(=O)(=O)c2nc(-c3cn[nH]c3)c3ncn(C)c3n2)cc1. The minimum absolute atomic E-state index is 0.197. The third-order valence-corrected chi connectivity index (χ3v) is 5.95. The van der Waals surface area contributed by atoms with Crippen molar-refractivity contribution in [2.24, 2.45) is 7.05 Å². The van der Waals surface area contributed by atoms with Gasteiger partial charge >= 0.3 is 0 Å². The van der Waals surface area contributed by atoms with E-state index in [0.717, 1.165) is 11.3 Å². The molecule has 3 aromatic heterocycles. The maximum atomic E-state index is 12.9. The van der Waals surface area contributed by atoms with E-state index in [4.69, 9.17) is 4.74 Å².